The smallest absolute Gasteiger partial charge is 0.309 e. The van der Waals surface area contributed by atoms with Gasteiger partial charge in [0.1, 0.15) is 0 Å². The van der Waals surface area contributed by atoms with Crippen molar-refractivity contribution in [1.29, 1.82) is 0 Å². The number of carboxylic acid groups (broad SMARTS) is 1. The summed E-state index contributed by atoms with van der Waals surface area (Å²) in [4.78, 5) is 12.0. The molecule has 0 aromatic heterocycles. The molecule has 4 rings (SSSR count). The maximum Gasteiger partial charge on any atom is 0.309 e. The average Bonchev–Trinajstić information content (AvgIpc) is 2.68. The number of hydrogen-bond donors (Lipinski definition) is 1. The van der Waals surface area contributed by atoms with Crippen LogP contribution in [0.2, 0.25) is 0 Å². The third-order valence-corrected chi connectivity index (χ3v) is 8.48. The van der Waals surface area contributed by atoms with Gasteiger partial charge in [-0.2, -0.15) is 0 Å². The Hall–Kier alpha value is -0.790. The Morgan fingerprint density at radius 2 is 1.91 bits per heavy atom. The Labute approximate surface area is 134 Å². The van der Waals surface area contributed by atoms with Gasteiger partial charge in [0, 0.05) is 0 Å². The molecule has 0 aliphatic heterocycles. The summed E-state index contributed by atoms with van der Waals surface area (Å²) in [7, 11) is 0. The van der Waals surface area contributed by atoms with Gasteiger partial charge in [0.05, 0.1) is 5.41 Å². The third-order valence-electron chi connectivity index (χ3n) is 8.48. The van der Waals surface area contributed by atoms with Crippen molar-refractivity contribution in [3.8, 4) is 0 Å². The van der Waals surface area contributed by atoms with E-state index in [1.807, 2.05) is 6.92 Å². The number of hydrogen-bond acceptors (Lipinski definition) is 1. The van der Waals surface area contributed by atoms with Crippen LogP contribution in [0, 0.1) is 39.9 Å². The van der Waals surface area contributed by atoms with E-state index in [1.165, 1.54) is 32.1 Å². The molecule has 2 nitrogen and oxygen atoms in total. The summed E-state index contributed by atoms with van der Waals surface area (Å²) in [5, 5.41) is 9.88. The fourth-order valence-corrected chi connectivity index (χ4v) is 7.48. The SMILES string of the molecule is C[C@@H]1C[C@]23CC[C@@H]4[C@](C)(C=CC[C@]4(C)C(=O)O)[C@H]2CC[C@H]1C3. The van der Waals surface area contributed by atoms with Crippen LogP contribution in [0.5, 0.6) is 0 Å². The van der Waals surface area contributed by atoms with Gasteiger partial charge in [-0.1, -0.05) is 26.0 Å². The van der Waals surface area contributed by atoms with E-state index in [4.69, 9.17) is 0 Å². The van der Waals surface area contributed by atoms with Crippen LogP contribution < -0.4 is 0 Å². The van der Waals surface area contributed by atoms with Crippen molar-refractivity contribution in [2.75, 3.05) is 0 Å². The highest BCUT2D eigenvalue weighted by Crippen LogP contribution is 2.71. The first-order valence-corrected chi connectivity index (χ1v) is 9.23. The number of fused-ring (bicyclic) bond motifs is 3. The molecule has 2 bridgehead atoms. The summed E-state index contributed by atoms with van der Waals surface area (Å²) in [6.07, 6.45) is 13.2. The van der Waals surface area contributed by atoms with E-state index in [9.17, 15) is 9.90 Å². The molecule has 0 heterocycles. The molecule has 3 saturated carbocycles. The van der Waals surface area contributed by atoms with Crippen molar-refractivity contribution in [3.63, 3.8) is 0 Å². The first-order chi connectivity index (χ1) is 10.3. The van der Waals surface area contributed by atoms with Crippen LogP contribution in [0.3, 0.4) is 0 Å². The lowest BCUT2D eigenvalue weighted by atomic mass is 9.42. The van der Waals surface area contributed by atoms with Crippen LogP contribution in [0.25, 0.3) is 0 Å². The van der Waals surface area contributed by atoms with Crippen LogP contribution >= 0.6 is 0 Å². The predicted molar refractivity (Wildman–Crippen MR) is 87.4 cm³/mol. The molecule has 22 heavy (non-hydrogen) atoms. The van der Waals surface area contributed by atoms with Gasteiger partial charge >= 0.3 is 5.97 Å². The van der Waals surface area contributed by atoms with Crippen molar-refractivity contribution in [1.82, 2.24) is 0 Å². The zero-order valence-electron chi connectivity index (χ0n) is 14.3. The molecule has 2 heteroatoms. The Bertz CT molecular complexity index is 534. The van der Waals surface area contributed by atoms with E-state index in [0.717, 1.165) is 18.3 Å². The number of carboxylic acids is 1. The summed E-state index contributed by atoms with van der Waals surface area (Å²) >= 11 is 0. The van der Waals surface area contributed by atoms with Crippen molar-refractivity contribution in [2.45, 2.75) is 65.7 Å². The molecule has 7 atom stereocenters. The summed E-state index contributed by atoms with van der Waals surface area (Å²) in [5.41, 5.74) is 0.0551. The van der Waals surface area contributed by atoms with E-state index in [1.54, 1.807) is 0 Å². The van der Waals surface area contributed by atoms with Gasteiger partial charge in [-0.05, 0) is 86.4 Å². The first-order valence-electron chi connectivity index (χ1n) is 9.23. The highest BCUT2D eigenvalue weighted by atomic mass is 16.4. The van der Waals surface area contributed by atoms with Crippen molar-refractivity contribution in [2.24, 2.45) is 39.9 Å². The molecule has 0 saturated heterocycles. The molecule has 4 aliphatic rings. The topological polar surface area (TPSA) is 37.3 Å². The fraction of sp³-hybridized carbons (Fsp3) is 0.850. The average molecular weight is 302 g/mol. The van der Waals surface area contributed by atoms with Crippen LogP contribution in [-0.2, 0) is 4.79 Å². The Kier molecular flexibility index (Phi) is 2.95. The molecule has 3 fully saturated rings. The quantitative estimate of drug-likeness (QED) is 0.700. The van der Waals surface area contributed by atoms with Crippen LogP contribution in [0.4, 0.5) is 0 Å². The number of aliphatic carboxylic acids is 1. The molecule has 122 valence electrons. The number of carbonyl (C=O) groups is 1. The zero-order valence-corrected chi connectivity index (χ0v) is 14.3. The molecule has 0 amide bonds. The van der Waals surface area contributed by atoms with Crippen molar-refractivity contribution < 1.29 is 9.90 Å². The predicted octanol–water partition coefficient (Wildman–Crippen LogP) is 4.90. The van der Waals surface area contributed by atoms with Gasteiger partial charge in [0.25, 0.3) is 0 Å². The minimum atomic E-state index is -0.586. The van der Waals surface area contributed by atoms with Gasteiger partial charge < -0.3 is 5.11 Å². The lowest BCUT2D eigenvalue weighted by molar-refractivity contribution is -0.165. The monoisotopic (exact) mass is 302 g/mol. The molecular weight excluding hydrogens is 272 g/mol. The molecule has 1 spiro atoms. The Morgan fingerprint density at radius 1 is 1.14 bits per heavy atom. The third kappa shape index (κ3) is 1.65. The highest BCUT2D eigenvalue weighted by Gasteiger charge is 2.64. The fourth-order valence-electron chi connectivity index (χ4n) is 7.48. The Balaban J connectivity index is 1.77. The second kappa shape index (κ2) is 4.39. The lowest BCUT2D eigenvalue weighted by Crippen LogP contribution is -2.56. The van der Waals surface area contributed by atoms with E-state index in [-0.39, 0.29) is 5.41 Å². The number of rotatable bonds is 1. The molecule has 0 radical (unpaired) electrons. The normalized spacial score (nSPS) is 56.3. The largest absolute Gasteiger partial charge is 0.481 e. The minimum Gasteiger partial charge on any atom is -0.481 e. The van der Waals surface area contributed by atoms with Crippen molar-refractivity contribution >= 4 is 5.97 Å². The van der Waals surface area contributed by atoms with E-state index < -0.39 is 11.4 Å². The van der Waals surface area contributed by atoms with Crippen molar-refractivity contribution in [3.05, 3.63) is 12.2 Å². The molecule has 1 N–H and O–H groups in total. The minimum absolute atomic E-state index is 0.0959. The highest BCUT2D eigenvalue weighted by molar-refractivity contribution is 5.75. The maximum absolute atomic E-state index is 12.0. The maximum atomic E-state index is 12.0. The van der Waals surface area contributed by atoms with Crippen LogP contribution in [0.15, 0.2) is 12.2 Å². The van der Waals surface area contributed by atoms with Crippen LogP contribution in [0.1, 0.15) is 65.7 Å². The van der Waals surface area contributed by atoms with E-state index in [2.05, 4.69) is 26.0 Å². The molecule has 0 aromatic carbocycles. The molecule has 4 aliphatic carbocycles. The van der Waals surface area contributed by atoms with Gasteiger partial charge in [-0.25, -0.2) is 0 Å². The van der Waals surface area contributed by atoms with Gasteiger partial charge in [0.15, 0.2) is 0 Å². The second-order valence-corrected chi connectivity index (χ2v) is 9.42. The standard InChI is InChI=1S/C20H30O2/c1-13-11-20-10-7-15-18(2,16(20)6-5-14(13)12-20)8-4-9-19(15,3)17(21)22/h4,8,13-16H,5-7,9-12H2,1-3H3,(H,21,22)/t13-,14+,15-,16-,18+,19+,20+/m1/s1. The summed E-state index contributed by atoms with van der Waals surface area (Å²) in [6, 6.07) is 0. The molecular formula is C20H30O2. The first kappa shape index (κ1) is 14.8. The molecule has 0 unspecified atom stereocenters. The second-order valence-electron chi connectivity index (χ2n) is 9.42. The van der Waals surface area contributed by atoms with E-state index in [0.29, 0.717) is 23.7 Å². The zero-order chi connectivity index (χ0) is 15.8. The molecule has 0 aromatic rings. The van der Waals surface area contributed by atoms with Gasteiger partial charge in [-0.3, -0.25) is 4.79 Å². The van der Waals surface area contributed by atoms with Gasteiger partial charge in [-0.15, -0.1) is 0 Å². The van der Waals surface area contributed by atoms with E-state index >= 15 is 0 Å². The summed E-state index contributed by atoms with van der Waals surface area (Å²) in [5.74, 6) is 2.25. The van der Waals surface area contributed by atoms with Gasteiger partial charge in [0.2, 0.25) is 0 Å². The summed E-state index contributed by atoms with van der Waals surface area (Å²) in [6.45, 7) is 6.85. The summed E-state index contributed by atoms with van der Waals surface area (Å²) < 4.78 is 0. The lowest BCUT2D eigenvalue weighted by Gasteiger charge is -2.61. The van der Waals surface area contributed by atoms with Crippen LogP contribution in [-0.4, -0.2) is 11.1 Å². The number of allylic oxidation sites excluding steroid dienone is 2. The Morgan fingerprint density at radius 3 is 2.64 bits per heavy atom.